The second kappa shape index (κ2) is 4.07. The zero-order valence-electron chi connectivity index (χ0n) is 9.30. The van der Waals surface area contributed by atoms with Crippen LogP contribution in [0.3, 0.4) is 0 Å². The van der Waals surface area contributed by atoms with Crippen molar-refractivity contribution in [1.82, 2.24) is 0 Å². The normalized spacial score (nSPS) is 21.9. The van der Waals surface area contributed by atoms with E-state index >= 15 is 0 Å². The van der Waals surface area contributed by atoms with Crippen LogP contribution in [-0.4, -0.2) is 17.9 Å². The lowest BCUT2D eigenvalue weighted by molar-refractivity contribution is -0.121. The Morgan fingerprint density at radius 1 is 1.47 bits per heavy atom. The van der Waals surface area contributed by atoms with Gasteiger partial charge in [-0.1, -0.05) is 12.1 Å². The highest BCUT2D eigenvalue weighted by Crippen LogP contribution is 2.37. The third kappa shape index (κ3) is 1.80. The van der Waals surface area contributed by atoms with E-state index in [2.05, 4.69) is 17.2 Å². The maximum Gasteiger partial charge on any atom is 0.221 e. The molecule has 17 heavy (non-hydrogen) atoms. The molecule has 0 saturated carbocycles. The number of hydrazone groups is 1. The third-order valence-corrected chi connectivity index (χ3v) is 4.07. The molecule has 5 heteroatoms. The number of nitrogens with zero attached hydrogens (tertiary/aromatic N) is 2. The first kappa shape index (κ1) is 10.7. The number of rotatable bonds is 2. The van der Waals surface area contributed by atoms with Crippen LogP contribution in [0.5, 0.6) is 0 Å². The van der Waals surface area contributed by atoms with Crippen LogP contribution in [-0.2, 0) is 17.6 Å². The van der Waals surface area contributed by atoms with Gasteiger partial charge >= 0.3 is 0 Å². The van der Waals surface area contributed by atoms with Crippen LogP contribution in [0.4, 0.5) is 5.69 Å². The summed E-state index contributed by atoms with van der Waals surface area (Å²) in [6.45, 7) is 0. The molecule has 0 fully saturated rings. The van der Waals surface area contributed by atoms with Gasteiger partial charge in [0, 0.05) is 12.1 Å². The summed E-state index contributed by atoms with van der Waals surface area (Å²) in [7, 11) is 0. The van der Waals surface area contributed by atoms with Crippen LogP contribution in [0.1, 0.15) is 11.1 Å². The maximum atomic E-state index is 11.3. The Morgan fingerprint density at radius 2 is 2.35 bits per heavy atom. The Labute approximate surface area is 104 Å². The van der Waals surface area contributed by atoms with E-state index in [1.807, 2.05) is 16.7 Å². The molecule has 2 N–H and O–H groups in total. The van der Waals surface area contributed by atoms with E-state index in [0.29, 0.717) is 0 Å². The molecule has 1 heterocycles. The van der Waals surface area contributed by atoms with Gasteiger partial charge in [-0.2, -0.15) is 5.10 Å². The van der Waals surface area contributed by atoms with Crippen LogP contribution in [0.15, 0.2) is 23.3 Å². The molecule has 1 aliphatic heterocycles. The van der Waals surface area contributed by atoms with Gasteiger partial charge in [0.25, 0.3) is 0 Å². The van der Waals surface area contributed by atoms with Crippen molar-refractivity contribution in [1.29, 1.82) is 0 Å². The van der Waals surface area contributed by atoms with Gasteiger partial charge < -0.3 is 5.73 Å². The zero-order chi connectivity index (χ0) is 11.8. The van der Waals surface area contributed by atoms with E-state index in [9.17, 15) is 4.79 Å². The van der Waals surface area contributed by atoms with Crippen molar-refractivity contribution in [3.63, 3.8) is 0 Å². The monoisotopic (exact) mass is 247 g/mol. The van der Waals surface area contributed by atoms with Crippen LogP contribution in [0.2, 0.25) is 0 Å². The van der Waals surface area contributed by atoms with Gasteiger partial charge in [-0.15, -0.1) is 0 Å². The molecule has 1 aromatic carbocycles. The topological polar surface area (TPSA) is 58.7 Å². The first-order chi connectivity index (χ1) is 8.25. The molecule has 0 radical (unpaired) electrons. The summed E-state index contributed by atoms with van der Waals surface area (Å²) in [5.41, 5.74) is 8.95. The van der Waals surface area contributed by atoms with Gasteiger partial charge in [-0.25, -0.2) is 4.41 Å². The molecule has 1 atom stereocenters. The van der Waals surface area contributed by atoms with Crippen LogP contribution in [0, 0.1) is 5.92 Å². The van der Waals surface area contributed by atoms with Crippen molar-refractivity contribution in [2.24, 2.45) is 16.8 Å². The summed E-state index contributed by atoms with van der Waals surface area (Å²) in [4.78, 5) is 11.3. The Hall–Kier alpha value is -1.49. The molecular weight excluding hydrogens is 234 g/mol. The lowest BCUT2D eigenvalue weighted by Crippen LogP contribution is -2.23. The number of hydrogen-bond acceptors (Lipinski definition) is 4. The molecule has 0 bridgehead atoms. The summed E-state index contributed by atoms with van der Waals surface area (Å²) in [6, 6.07) is 6.15. The van der Waals surface area contributed by atoms with Gasteiger partial charge in [-0.05, 0) is 42.0 Å². The van der Waals surface area contributed by atoms with Gasteiger partial charge in [0.15, 0.2) is 0 Å². The Balaban J connectivity index is 1.96. The van der Waals surface area contributed by atoms with Crippen molar-refractivity contribution in [3.8, 4) is 0 Å². The largest absolute Gasteiger partial charge is 0.369 e. The number of amides is 1. The minimum Gasteiger partial charge on any atom is -0.369 e. The quantitative estimate of drug-likeness (QED) is 0.802. The molecule has 1 aromatic rings. The number of anilines is 1. The van der Waals surface area contributed by atoms with Crippen molar-refractivity contribution >= 4 is 29.8 Å². The van der Waals surface area contributed by atoms with E-state index in [-0.39, 0.29) is 11.8 Å². The van der Waals surface area contributed by atoms with E-state index in [1.165, 1.54) is 11.1 Å². The van der Waals surface area contributed by atoms with Crippen molar-refractivity contribution in [2.75, 3.05) is 10.2 Å². The summed E-state index contributed by atoms with van der Waals surface area (Å²) >= 11 is 1.67. The summed E-state index contributed by atoms with van der Waals surface area (Å²) < 4.78 is 1.93. The van der Waals surface area contributed by atoms with Crippen LogP contribution in [0.25, 0.3) is 0 Å². The van der Waals surface area contributed by atoms with Gasteiger partial charge in [0.1, 0.15) is 0 Å². The second-order valence-electron chi connectivity index (χ2n) is 4.29. The first-order valence-electron chi connectivity index (χ1n) is 5.61. The number of benzene rings is 1. The van der Waals surface area contributed by atoms with Crippen molar-refractivity contribution in [3.05, 3.63) is 29.3 Å². The first-order valence-corrected chi connectivity index (χ1v) is 6.55. The highest BCUT2D eigenvalue weighted by Gasteiger charge is 2.29. The predicted molar refractivity (Wildman–Crippen MR) is 70.0 cm³/mol. The third-order valence-electron chi connectivity index (χ3n) is 3.23. The van der Waals surface area contributed by atoms with E-state index in [0.717, 1.165) is 24.3 Å². The molecule has 4 nitrogen and oxygen atoms in total. The van der Waals surface area contributed by atoms with Gasteiger partial charge in [0.05, 0.1) is 11.4 Å². The smallest absolute Gasteiger partial charge is 0.221 e. The van der Waals surface area contributed by atoms with E-state index in [4.69, 9.17) is 5.73 Å². The average Bonchev–Trinajstić information content (AvgIpc) is 2.97. The number of carbonyl (C=O) groups excluding carboxylic acids is 1. The summed E-state index contributed by atoms with van der Waals surface area (Å²) in [5, 5.41) is 4.31. The fourth-order valence-corrected chi connectivity index (χ4v) is 3.11. The standard InChI is InChI=1S/C12H13N3OS/c13-12(16)9-6-8-2-1-3-11(10(8)7-9)15-14-4-5-17-15/h1-4,9H,5-7H2,(H2,13,16). The lowest BCUT2D eigenvalue weighted by Gasteiger charge is -2.16. The summed E-state index contributed by atoms with van der Waals surface area (Å²) in [5.74, 6) is 0.649. The van der Waals surface area contributed by atoms with E-state index in [1.54, 1.807) is 11.9 Å². The van der Waals surface area contributed by atoms with Crippen LogP contribution < -0.4 is 10.1 Å². The molecular formula is C12H13N3OS. The number of nitrogens with two attached hydrogens (primary N) is 1. The van der Waals surface area contributed by atoms with Crippen molar-refractivity contribution < 1.29 is 4.79 Å². The molecule has 0 saturated heterocycles. The molecule has 3 rings (SSSR count). The maximum absolute atomic E-state index is 11.3. The molecule has 88 valence electrons. The molecule has 1 amide bonds. The lowest BCUT2D eigenvalue weighted by atomic mass is 10.1. The van der Waals surface area contributed by atoms with Crippen molar-refractivity contribution in [2.45, 2.75) is 12.8 Å². The minimum atomic E-state index is -0.204. The number of hydrogen-bond donors (Lipinski definition) is 1. The fraction of sp³-hybridized carbons (Fsp3) is 0.333. The molecule has 2 aliphatic rings. The number of fused-ring (bicyclic) bond motifs is 1. The van der Waals surface area contributed by atoms with Crippen LogP contribution >= 0.6 is 11.9 Å². The molecule has 0 spiro atoms. The second-order valence-corrected chi connectivity index (χ2v) is 5.23. The van der Waals surface area contributed by atoms with Gasteiger partial charge in [-0.3, -0.25) is 4.79 Å². The SMILES string of the molecule is NC(=O)C1Cc2cccc(N3N=CCS3)c2C1. The highest BCUT2D eigenvalue weighted by atomic mass is 32.2. The average molecular weight is 247 g/mol. The molecule has 1 aliphatic carbocycles. The number of primary amides is 1. The Bertz CT molecular complexity index is 501. The fourth-order valence-electron chi connectivity index (χ4n) is 2.39. The Morgan fingerprint density at radius 3 is 3.06 bits per heavy atom. The highest BCUT2D eigenvalue weighted by molar-refractivity contribution is 8.01. The molecule has 1 unspecified atom stereocenters. The summed E-state index contributed by atoms with van der Waals surface area (Å²) in [6.07, 6.45) is 3.40. The number of carbonyl (C=O) groups is 1. The van der Waals surface area contributed by atoms with Gasteiger partial charge in [0.2, 0.25) is 5.91 Å². The Kier molecular flexibility index (Phi) is 2.55. The molecule has 0 aromatic heterocycles. The minimum absolute atomic E-state index is 0.0530. The zero-order valence-corrected chi connectivity index (χ0v) is 10.1. The predicted octanol–water partition coefficient (Wildman–Crippen LogP) is 1.34. The van der Waals surface area contributed by atoms with E-state index < -0.39 is 0 Å².